The highest BCUT2D eigenvalue weighted by Gasteiger charge is 2.65. The van der Waals surface area contributed by atoms with Crippen molar-refractivity contribution in [2.45, 2.75) is 59.0 Å². The first-order valence-corrected chi connectivity index (χ1v) is 9.16. The van der Waals surface area contributed by atoms with E-state index in [2.05, 4.69) is 53.5 Å². The molecule has 7 nitrogen and oxygen atoms in total. The van der Waals surface area contributed by atoms with Crippen LogP contribution in [0.4, 0.5) is 4.79 Å². The van der Waals surface area contributed by atoms with E-state index in [0.717, 1.165) is 31.9 Å². The minimum absolute atomic E-state index is 0. The lowest BCUT2D eigenvalue weighted by atomic mass is 9.79. The van der Waals surface area contributed by atoms with Gasteiger partial charge in [0.1, 0.15) is 5.54 Å². The van der Waals surface area contributed by atoms with Crippen LogP contribution >= 0.6 is 24.0 Å². The second kappa shape index (κ2) is 6.83. The summed E-state index contributed by atoms with van der Waals surface area (Å²) in [6, 6.07) is 0.0273. The Bertz CT molecular complexity index is 611. The summed E-state index contributed by atoms with van der Waals surface area (Å²) in [6.07, 6.45) is 1.70. The van der Waals surface area contributed by atoms with E-state index in [1.165, 1.54) is 0 Å². The molecule has 2 saturated heterocycles. The number of nitrogens with zero attached hydrogens (tertiary/aromatic N) is 2. The van der Waals surface area contributed by atoms with Crippen LogP contribution < -0.4 is 16.0 Å². The van der Waals surface area contributed by atoms with Crippen molar-refractivity contribution in [1.29, 1.82) is 0 Å². The van der Waals surface area contributed by atoms with E-state index in [0.29, 0.717) is 6.04 Å². The average Bonchev–Trinajstić information content (AvgIpc) is 2.77. The van der Waals surface area contributed by atoms with Crippen LogP contribution in [0.5, 0.6) is 0 Å². The highest BCUT2D eigenvalue weighted by molar-refractivity contribution is 14.0. The summed E-state index contributed by atoms with van der Waals surface area (Å²) >= 11 is 0. The van der Waals surface area contributed by atoms with Crippen LogP contribution in [0.3, 0.4) is 0 Å². The Labute approximate surface area is 173 Å². The maximum atomic E-state index is 12.1. The van der Waals surface area contributed by atoms with Crippen LogP contribution in [0, 0.1) is 16.7 Å². The molecule has 1 aliphatic carbocycles. The SMILES string of the molecule is CN=C(NC1C(C)(C)C1(C)C)N1CCC(C2(C)NC(=O)NC2=O)CC1.I. The Morgan fingerprint density at radius 3 is 2.04 bits per heavy atom. The van der Waals surface area contributed by atoms with Gasteiger partial charge in [0.2, 0.25) is 0 Å². The van der Waals surface area contributed by atoms with Crippen molar-refractivity contribution in [1.82, 2.24) is 20.9 Å². The minimum atomic E-state index is -0.791. The molecular formula is C18H32IN5O2. The lowest BCUT2D eigenvalue weighted by Crippen LogP contribution is -2.55. The second-order valence-corrected chi connectivity index (χ2v) is 8.94. The zero-order valence-corrected chi connectivity index (χ0v) is 18.9. The van der Waals surface area contributed by atoms with Gasteiger partial charge in [0.05, 0.1) is 0 Å². The van der Waals surface area contributed by atoms with E-state index in [-0.39, 0.29) is 52.7 Å². The van der Waals surface area contributed by atoms with Gasteiger partial charge < -0.3 is 15.5 Å². The van der Waals surface area contributed by atoms with Crippen molar-refractivity contribution in [2.75, 3.05) is 20.1 Å². The standard InChI is InChI=1S/C18H31N5O2.HI/c1-16(2)12(17(16,3)4)20-14(19-6)23-9-7-11(8-10-23)18(5)13(24)21-15(25)22-18;/h11-12H,7-10H2,1-6H3,(H,19,20)(H2,21,22,24,25);1H. The number of rotatable bonds is 2. The number of hydrogen-bond acceptors (Lipinski definition) is 3. The number of likely N-dealkylation sites (tertiary alicyclic amines) is 1. The first kappa shape index (κ1) is 21.2. The van der Waals surface area contributed by atoms with E-state index in [4.69, 9.17) is 0 Å². The highest BCUT2D eigenvalue weighted by Crippen LogP contribution is 2.62. The number of aliphatic imine (C=N–C) groups is 1. The molecule has 1 atom stereocenters. The van der Waals surface area contributed by atoms with Gasteiger partial charge in [-0.1, -0.05) is 27.7 Å². The number of carbonyl (C=O) groups excluding carboxylic acids is 2. The Morgan fingerprint density at radius 2 is 1.65 bits per heavy atom. The molecule has 0 bridgehead atoms. The van der Waals surface area contributed by atoms with Gasteiger partial charge in [0.15, 0.2) is 5.96 Å². The molecule has 0 aromatic carbocycles. The number of nitrogens with one attached hydrogen (secondary N) is 3. The third kappa shape index (κ3) is 3.18. The molecule has 3 N–H and O–H groups in total. The second-order valence-electron chi connectivity index (χ2n) is 8.94. The van der Waals surface area contributed by atoms with Crippen LogP contribution in [0.2, 0.25) is 0 Å². The highest BCUT2D eigenvalue weighted by atomic mass is 127. The normalized spacial score (nSPS) is 31.2. The van der Waals surface area contributed by atoms with E-state index in [1.807, 2.05) is 14.0 Å². The molecule has 148 valence electrons. The number of amides is 3. The third-order valence-corrected chi connectivity index (χ3v) is 7.19. The fourth-order valence-corrected chi connectivity index (χ4v) is 4.50. The number of imide groups is 1. The van der Waals surface area contributed by atoms with Gasteiger partial charge in [-0.25, -0.2) is 4.79 Å². The van der Waals surface area contributed by atoms with Crippen LogP contribution in [0.25, 0.3) is 0 Å². The van der Waals surface area contributed by atoms with Crippen molar-refractivity contribution in [3.05, 3.63) is 0 Å². The Morgan fingerprint density at radius 1 is 1.12 bits per heavy atom. The van der Waals surface area contributed by atoms with Crippen molar-refractivity contribution in [3.63, 3.8) is 0 Å². The Balaban J connectivity index is 0.00000243. The predicted octanol–water partition coefficient (Wildman–Crippen LogP) is 1.92. The maximum absolute atomic E-state index is 12.1. The fraction of sp³-hybridized carbons (Fsp3) is 0.833. The van der Waals surface area contributed by atoms with E-state index in [9.17, 15) is 9.59 Å². The number of hydrogen-bond donors (Lipinski definition) is 3. The molecule has 0 aromatic rings. The zero-order valence-electron chi connectivity index (χ0n) is 16.6. The molecule has 3 aliphatic rings. The molecule has 26 heavy (non-hydrogen) atoms. The summed E-state index contributed by atoms with van der Waals surface area (Å²) in [6.45, 7) is 12.6. The van der Waals surface area contributed by atoms with E-state index in [1.54, 1.807) is 0 Å². The molecule has 0 aromatic heterocycles. The summed E-state index contributed by atoms with van der Waals surface area (Å²) in [5, 5.41) is 8.80. The number of halogens is 1. The molecule has 8 heteroatoms. The first-order chi connectivity index (χ1) is 11.5. The number of guanidine groups is 1. The smallest absolute Gasteiger partial charge is 0.322 e. The molecule has 1 unspecified atom stereocenters. The summed E-state index contributed by atoms with van der Waals surface area (Å²) in [5.74, 6) is 0.870. The lowest BCUT2D eigenvalue weighted by Gasteiger charge is -2.39. The summed E-state index contributed by atoms with van der Waals surface area (Å²) in [4.78, 5) is 30.4. The van der Waals surface area contributed by atoms with Gasteiger partial charge in [0.25, 0.3) is 5.91 Å². The van der Waals surface area contributed by atoms with E-state index < -0.39 is 5.54 Å². The molecule has 0 radical (unpaired) electrons. The zero-order chi connectivity index (χ0) is 18.6. The minimum Gasteiger partial charge on any atom is -0.352 e. The van der Waals surface area contributed by atoms with Crippen molar-refractivity contribution in [3.8, 4) is 0 Å². The third-order valence-electron chi connectivity index (χ3n) is 7.19. The van der Waals surface area contributed by atoms with Gasteiger partial charge in [-0.05, 0) is 36.5 Å². The van der Waals surface area contributed by atoms with Gasteiger partial charge in [0, 0.05) is 26.2 Å². The monoisotopic (exact) mass is 477 g/mol. The lowest BCUT2D eigenvalue weighted by molar-refractivity contribution is -0.125. The molecule has 0 spiro atoms. The van der Waals surface area contributed by atoms with Gasteiger partial charge in [-0.2, -0.15) is 0 Å². The van der Waals surface area contributed by atoms with Gasteiger partial charge in [-0.15, -0.1) is 24.0 Å². The fourth-order valence-electron chi connectivity index (χ4n) is 4.50. The van der Waals surface area contributed by atoms with Gasteiger partial charge in [-0.3, -0.25) is 15.1 Å². The number of piperidine rings is 1. The summed E-state index contributed by atoms with van der Waals surface area (Å²) in [7, 11) is 1.82. The van der Waals surface area contributed by atoms with Crippen LogP contribution in [0.15, 0.2) is 4.99 Å². The largest absolute Gasteiger partial charge is 0.352 e. The molecule has 2 aliphatic heterocycles. The molecule has 3 rings (SSSR count). The quantitative estimate of drug-likeness (QED) is 0.246. The number of carbonyl (C=O) groups is 2. The summed E-state index contributed by atoms with van der Waals surface area (Å²) in [5.41, 5.74) is -0.289. The topological polar surface area (TPSA) is 85.8 Å². The summed E-state index contributed by atoms with van der Waals surface area (Å²) < 4.78 is 0. The molecule has 3 fully saturated rings. The maximum Gasteiger partial charge on any atom is 0.322 e. The number of urea groups is 1. The molecule has 2 heterocycles. The molecular weight excluding hydrogens is 445 g/mol. The van der Waals surface area contributed by atoms with Crippen molar-refractivity contribution >= 4 is 41.9 Å². The molecule has 1 saturated carbocycles. The predicted molar refractivity (Wildman–Crippen MR) is 113 cm³/mol. The van der Waals surface area contributed by atoms with Crippen molar-refractivity contribution < 1.29 is 9.59 Å². The first-order valence-electron chi connectivity index (χ1n) is 9.16. The molecule has 3 amide bonds. The van der Waals surface area contributed by atoms with Crippen LogP contribution in [-0.2, 0) is 4.79 Å². The van der Waals surface area contributed by atoms with Crippen LogP contribution in [0.1, 0.15) is 47.5 Å². The van der Waals surface area contributed by atoms with Crippen LogP contribution in [-0.4, -0.2) is 54.5 Å². The Kier molecular flexibility index (Phi) is 5.58. The van der Waals surface area contributed by atoms with Crippen molar-refractivity contribution in [2.24, 2.45) is 21.7 Å². The van der Waals surface area contributed by atoms with Gasteiger partial charge >= 0.3 is 6.03 Å². The van der Waals surface area contributed by atoms with E-state index >= 15 is 0 Å². The average molecular weight is 477 g/mol. The Hall–Kier alpha value is -1.06.